The zero-order valence-corrected chi connectivity index (χ0v) is 13.1. The van der Waals surface area contributed by atoms with Gasteiger partial charge in [0.15, 0.2) is 0 Å². The third-order valence-corrected chi connectivity index (χ3v) is 4.05. The van der Waals surface area contributed by atoms with Crippen LogP contribution in [0.2, 0.25) is 5.02 Å². The lowest BCUT2D eigenvalue weighted by Crippen LogP contribution is -2.11. The van der Waals surface area contributed by atoms with E-state index in [9.17, 15) is 4.79 Å². The lowest BCUT2D eigenvalue weighted by atomic mass is 10.2. The van der Waals surface area contributed by atoms with Crippen LogP contribution >= 0.6 is 22.9 Å². The quantitative estimate of drug-likeness (QED) is 0.786. The van der Waals surface area contributed by atoms with Gasteiger partial charge in [0.05, 0.1) is 0 Å². The van der Waals surface area contributed by atoms with E-state index in [0.29, 0.717) is 22.1 Å². The molecule has 3 rings (SSSR count). The van der Waals surface area contributed by atoms with Crippen molar-refractivity contribution in [2.45, 2.75) is 6.42 Å². The molecule has 1 heterocycles. The predicted octanol–water partition coefficient (Wildman–Crippen LogP) is 4.03. The lowest BCUT2D eigenvalue weighted by Gasteiger charge is -2.01. The van der Waals surface area contributed by atoms with Gasteiger partial charge in [0.25, 0.3) is 5.91 Å². The first-order valence-corrected chi connectivity index (χ1v) is 7.83. The number of amides is 1. The molecular formula is C16H12ClN3OS. The summed E-state index contributed by atoms with van der Waals surface area (Å²) in [7, 11) is 0. The molecule has 4 nitrogen and oxygen atoms in total. The number of nitrogens with one attached hydrogen (secondary N) is 1. The monoisotopic (exact) mass is 329 g/mol. The summed E-state index contributed by atoms with van der Waals surface area (Å²) in [6.45, 7) is 0. The van der Waals surface area contributed by atoms with Crippen LogP contribution in [0, 0.1) is 0 Å². The van der Waals surface area contributed by atoms with Crippen molar-refractivity contribution in [3.05, 3.63) is 75.8 Å². The van der Waals surface area contributed by atoms with Crippen molar-refractivity contribution < 1.29 is 4.79 Å². The van der Waals surface area contributed by atoms with Crippen molar-refractivity contribution in [2.24, 2.45) is 0 Å². The van der Waals surface area contributed by atoms with Crippen LogP contribution < -0.4 is 5.32 Å². The topological polar surface area (TPSA) is 54.9 Å². The van der Waals surface area contributed by atoms with E-state index >= 15 is 0 Å². The molecular weight excluding hydrogens is 318 g/mol. The smallest absolute Gasteiger partial charge is 0.257 e. The van der Waals surface area contributed by atoms with Crippen LogP contribution in [0.1, 0.15) is 20.9 Å². The molecule has 0 spiro atoms. The highest BCUT2D eigenvalue weighted by Crippen LogP contribution is 2.19. The summed E-state index contributed by atoms with van der Waals surface area (Å²) in [5.41, 5.74) is 1.65. The Labute approximate surface area is 136 Å². The van der Waals surface area contributed by atoms with Gasteiger partial charge in [0.2, 0.25) is 5.13 Å². The standard InChI is InChI=1S/C16H12ClN3OS/c17-13-8-4-7-12(10-13)15(21)18-16-20-19-14(22-16)9-11-5-2-1-3-6-11/h1-8,10H,9H2,(H,18,20,21). The summed E-state index contributed by atoms with van der Waals surface area (Å²) in [6.07, 6.45) is 0.700. The number of hydrogen-bond acceptors (Lipinski definition) is 4. The summed E-state index contributed by atoms with van der Waals surface area (Å²) in [6, 6.07) is 16.8. The van der Waals surface area contributed by atoms with E-state index < -0.39 is 0 Å². The number of carbonyl (C=O) groups excluding carboxylic acids is 1. The molecule has 22 heavy (non-hydrogen) atoms. The Morgan fingerprint density at radius 2 is 1.91 bits per heavy atom. The van der Waals surface area contributed by atoms with Gasteiger partial charge >= 0.3 is 0 Å². The molecule has 6 heteroatoms. The van der Waals surface area contributed by atoms with Crippen molar-refractivity contribution in [1.82, 2.24) is 10.2 Å². The summed E-state index contributed by atoms with van der Waals surface area (Å²) in [4.78, 5) is 12.1. The Balaban J connectivity index is 1.68. The SMILES string of the molecule is O=C(Nc1nnc(Cc2ccccc2)s1)c1cccc(Cl)c1. The number of aromatic nitrogens is 2. The number of nitrogens with zero attached hydrogens (tertiary/aromatic N) is 2. The fraction of sp³-hybridized carbons (Fsp3) is 0.0625. The average Bonchev–Trinajstić information content (AvgIpc) is 2.95. The molecule has 0 aliphatic carbocycles. The first kappa shape index (κ1) is 14.7. The van der Waals surface area contributed by atoms with Crippen LogP contribution in [-0.4, -0.2) is 16.1 Å². The van der Waals surface area contributed by atoms with Gasteiger partial charge in [-0.2, -0.15) is 0 Å². The fourth-order valence-corrected chi connectivity index (χ4v) is 2.90. The Kier molecular flexibility index (Phi) is 4.46. The summed E-state index contributed by atoms with van der Waals surface area (Å²) in [5, 5.41) is 12.7. The second kappa shape index (κ2) is 6.68. The van der Waals surface area contributed by atoms with E-state index in [4.69, 9.17) is 11.6 Å². The van der Waals surface area contributed by atoms with Crippen LogP contribution in [0.4, 0.5) is 5.13 Å². The van der Waals surface area contributed by atoms with Crippen molar-refractivity contribution >= 4 is 34.0 Å². The third kappa shape index (κ3) is 3.69. The lowest BCUT2D eigenvalue weighted by molar-refractivity contribution is 0.102. The number of anilines is 1. The molecule has 0 bridgehead atoms. The zero-order chi connectivity index (χ0) is 15.4. The van der Waals surface area contributed by atoms with Gasteiger partial charge < -0.3 is 0 Å². The van der Waals surface area contributed by atoms with E-state index in [1.165, 1.54) is 11.3 Å². The molecule has 0 saturated carbocycles. The van der Waals surface area contributed by atoms with E-state index in [2.05, 4.69) is 15.5 Å². The van der Waals surface area contributed by atoms with E-state index in [1.807, 2.05) is 30.3 Å². The molecule has 1 N–H and O–H groups in total. The molecule has 1 amide bonds. The van der Waals surface area contributed by atoms with E-state index in [0.717, 1.165) is 10.6 Å². The van der Waals surface area contributed by atoms with Crippen molar-refractivity contribution in [3.63, 3.8) is 0 Å². The van der Waals surface area contributed by atoms with Crippen LogP contribution in [0.5, 0.6) is 0 Å². The Morgan fingerprint density at radius 1 is 1.09 bits per heavy atom. The van der Waals surface area contributed by atoms with Crippen LogP contribution in [0.3, 0.4) is 0 Å². The molecule has 0 unspecified atom stereocenters. The van der Waals surface area contributed by atoms with Gasteiger partial charge in [0.1, 0.15) is 5.01 Å². The minimum absolute atomic E-state index is 0.245. The van der Waals surface area contributed by atoms with Gasteiger partial charge in [-0.3, -0.25) is 10.1 Å². The predicted molar refractivity (Wildman–Crippen MR) is 88.6 cm³/mol. The van der Waals surface area contributed by atoms with Gasteiger partial charge in [-0.05, 0) is 23.8 Å². The second-order valence-corrected chi connectivity index (χ2v) is 6.13. The molecule has 0 aliphatic rings. The number of benzene rings is 2. The van der Waals surface area contributed by atoms with Crippen LogP contribution in [-0.2, 0) is 6.42 Å². The normalized spacial score (nSPS) is 10.4. The van der Waals surface area contributed by atoms with Crippen molar-refractivity contribution in [1.29, 1.82) is 0 Å². The molecule has 0 fully saturated rings. The van der Waals surface area contributed by atoms with E-state index in [1.54, 1.807) is 24.3 Å². The first-order valence-electron chi connectivity index (χ1n) is 6.64. The minimum Gasteiger partial charge on any atom is -0.296 e. The number of carbonyl (C=O) groups is 1. The molecule has 110 valence electrons. The van der Waals surface area contributed by atoms with Gasteiger partial charge in [-0.1, -0.05) is 59.3 Å². The molecule has 0 aliphatic heterocycles. The zero-order valence-electron chi connectivity index (χ0n) is 11.5. The summed E-state index contributed by atoms with van der Waals surface area (Å²) in [5.74, 6) is -0.245. The van der Waals surface area contributed by atoms with Gasteiger partial charge in [0, 0.05) is 17.0 Å². The maximum absolute atomic E-state index is 12.1. The van der Waals surface area contributed by atoms with Gasteiger partial charge in [-0.25, -0.2) is 0 Å². The molecule has 0 radical (unpaired) electrons. The Morgan fingerprint density at radius 3 is 2.68 bits per heavy atom. The van der Waals surface area contributed by atoms with Crippen LogP contribution in [0.15, 0.2) is 54.6 Å². The molecule has 0 atom stereocenters. The highest BCUT2D eigenvalue weighted by atomic mass is 35.5. The summed E-state index contributed by atoms with van der Waals surface area (Å²) >= 11 is 7.25. The molecule has 3 aromatic rings. The van der Waals surface area contributed by atoms with E-state index in [-0.39, 0.29) is 5.91 Å². The molecule has 1 aromatic heterocycles. The first-order chi connectivity index (χ1) is 10.7. The molecule has 0 saturated heterocycles. The second-order valence-electron chi connectivity index (χ2n) is 4.63. The Bertz CT molecular complexity index is 789. The maximum Gasteiger partial charge on any atom is 0.257 e. The van der Waals surface area contributed by atoms with Crippen LogP contribution in [0.25, 0.3) is 0 Å². The number of rotatable bonds is 4. The maximum atomic E-state index is 12.1. The fourth-order valence-electron chi connectivity index (χ4n) is 1.95. The Hall–Kier alpha value is -2.24. The van der Waals surface area contributed by atoms with Gasteiger partial charge in [-0.15, -0.1) is 10.2 Å². The highest BCUT2D eigenvalue weighted by Gasteiger charge is 2.10. The summed E-state index contributed by atoms with van der Waals surface area (Å²) < 4.78 is 0. The van der Waals surface area contributed by atoms with Crippen molar-refractivity contribution in [2.75, 3.05) is 5.32 Å². The average molecular weight is 330 g/mol. The number of hydrogen-bond donors (Lipinski definition) is 1. The third-order valence-electron chi connectivity index (χ3n) is 2.97. The highest BCUT2D eigenvalue weighted by molar-refractivity contribution is 7.15. The largest absolute Gasteiger partial charge is 0.296 e. The number of halogens is 1. The van der Waals surface area contributed by atoms with Crippen molar-refractivity contribution in [3.8, 4) is 0 Å². The minimum atomic E-state index is -0.245. The molecule has 2 aromatic carbocycles.